The molecule has 2 heterocycles. The Morgan fingerprint density at radius 3 is 2.41 bits per heavy atom. The molecule has 0 aromatic heterocycles. The topological polar surface area (TPSA) is 79.0 Å². The molecule has 0 spiro atoms. The molecular formula is C18H28ClN3O4S. The van der Waals surface area contributed by atoms with Crippen LogP contribution >= 0.6 is 12.4 Å². The highest BCUT2D eigenvalue weighted by Gasteiger charge is 2.35. The molecule has 0 saturated carbocycles. The number of carbonyl (C=O) groups excluding carboxylic acids is 1. The number of sulfonamides is 1. The number of ether oxygens (including phenoxy) is 1. The van der Waals surface area contributed by atoms with Crippen molar-refractivity contribution >= 4 is 28.3 Å². The highest BCUT2D eigenvalue weighted by atomic mass is 35.5. The Hall–Kier alpha value is -1.19. The number of nitrogens with zero attached hydrogens (tertiary/aromatic N) is 2. The van der Waals surface area contributed by atoms with Crippen molar-refractivity contribution in [1.82, 2.24) is 14.5 Å². The number of piperazine rings is 1. The molecule has 0 bridgehead atoms. The Morgan fingerprint density at radius 1 is 1.15 bits per heavy atom. The molecule has 0 radical (unpaired) electrons. The third-order valence-corrected chi connectivity index (χ3v) is 7.14. The SMILES string of the molecule is Cc1ccc(S(=O)(=O)N2CCN(C(=O)[C@H]3NCCO[C@@H]3C)CC2)cc1C.Cl. The second-order valence-corrected chi connectivity index (χ2v) is 8.92. The Balaban J connectivity index is 0.00000261. The van der Waals surface area contributed by atoms with Crippen LogP contribution in [0.3, 0.4) is 0 Å². The van der Waals surface area contributed by atoms with E-state index in [2.05, 4.69) is 5.32 Å². The summed E-state index contributed by atoms with van der Waals surface area (Å²) in [7, 11) is -3.53. The predicted molar refractivity (Wildman–Crippen MR) is 106 cm³/mol. The van der Waals surface area contributed by atoms with Crippen LogP contribution in [0.5, 0.6) is 0 Å². The maximum atomic E-state index is 12.9. The van der Waals surface area contributed by atoms with Crippen molar-refractivity contribution in [3.8, 4) is 0 Å². The van der Waals surface area contributed by atoms with Crippen LogP contribution in [0.15, 0.2) is 23.1 Å². The van der Waals surface area contributed by atoms with E-state index in [4.69, 9.17) is 4.74 Å². The molecule has 2 aliphatic heterocycles. The van der Waals surface area contributed by atoms with Gasteiger partial charge >= 0.3 is 0 Å². The van der Waals surface area contributed by atoms with Gasteiger partial charge in [-0.3, -0.25) is 4.79 Å². The standard InChI is InChI=1S/C18H27N3O4S.ClH/c1-13-4-5-16(12-14(13)2)26(23,24)21-9-7-20(8-10-21)18(22)17-15(3)25-11-6-19-17;/h4-5,12,15,17,19H,6-11H2,1-3H3;1H/t15-,17+;/m1./s1. The molecule has 3 rings (SSSR count). The summed E-state index contributed by atoms with van der Waals surface area (Å²) < 4.78 is 32.7. The van der Waals surface area contributed by atoms with E-state index in [-0.39, 0.29) is 30.5 Å². The molecule has 1 amide bonds. The van der Waals surface area contributed by atoms with Gasteiger partial charge in [-0.15, -0.1) is 12.4 Å². The Kier molecular flexibility index (Phi) is 7.27. The lowest BCUT2D eigenvalue weighted by molar-refractivity contribution is -0.140. The van der Waals surface area contributed by atoms with Gasteiger partial charge in [0, 0.05) is 32.7 Å². The molecule has 2 saturated heterocycles. The smallest absolute Gasteiger partial charge is 0.243 e. The molecule has 1 aromatic rings. The van der Waals surface area contributed by atoms with Gasteiger partial charge in [-0.05, 0) is 44.0 Å². The van der Waals surface area contributed by atoms with Crippen molar-refractivity contribution < 1.29 is 17.9 Å². The van der Waals surface area contributed by atoms with E-state index in [1.807, 2.05) is 26.8 Å². The normalized spacial score (nSPS) is 24.3. The van der Waals surface area contributed by atoms with Crippen LogP contribution in [0.2, 0.25) is 0 Å². The molecule has 2 fully saturated rings. The Bertz CT molecular complexity index is 779. The average Bonchev–Trinajstić information content (AvgIpc) is 2.64. The number of aryl methyl sites for hydroxylation is 2. The quantitative estimate of drug-likeness (QED) is 0.791. The van der Waals surface area contributed by atoms with Gasteiger partial charge in [0.1, 0.15) is 6.04 Å². The van der Waals surface area contributed by atoms with E-state index in [9.17, 15) is 13.2 Å². The fraction of sp³-hybridized carbons (Fsp3) is 0.611. The third-order valence-electron chi connectivity index (χ3n) is 5.25. The van der Waals surface area contributed by atoms with Gasteiger partial charge in [0.25, 0.3) is 0 Å². The predicted octanol–water partition coefficient (Wildman–Crippen LogP) is 0.935. The number of morpholine rings is 1. The molecule has 0 aliphatic carbocycles. The van der Waals surface area contributed by atoms with Crippen molar-refractivity contribution in [2.24, 2.45) is 0 Å². The first-order valence-corrected chi connectivity index (χ1v) is 10.5. The van der Waals surface area contributed by atoms with Crippen molar-refractivity contribution in [2.75, 3.05) is 39.3 Å². The van der Waals surface area contributed by atoms with Crippen LogP contribution in [0, 0.1) is 13.8 Å². The molecular weight excluding hydrogens is 390 g/mol. The minimum Gasteiger partial charge on any atom is -0.375 e. The van der Waals surface area contributed by atoms with E-state index in [0.717, 1.165) is 11.1 Å². The second kappa shape index (κ2) is 8.87. The first-order chi connectivity index (χ1) is 12.3. The van der Waals surface area contributed by atoms with Crippen LogP contribution in [0.4, 0.5) is 0 Å². The van der Waals surface area contributed by atoms with Gasteiger partial charge < -0.3 is 15.0 Å². The van der Waals surface area contributed by atoms with Crippen molar-refractivity contribution in [1.29, 1.82) is 0 Å². The van der Waals surface area contributed by atoms with E-state index in [1.54, 1.807) is 17.0 Å². The summed E-state index contributed by atoms with van der Waals surface area (Å²) in [6.07, 6.45) is -0.173. The molecule has 7 nitrogen and oxygen atoms in total. The van der Waals surface area contributed by atoms with E-state index in [1.165, 1.54) is 4.31 Å². The summed E-state index contributed by atoms with van der Waals surface area (Å²) in [6, 6.07) is 4.84. The summed E-state index contributed by atoms with van der Waals surface area (Å²) in [5.74, 6) is -0.0135. The summed E-state index contributed by atoms with van der Waals surface area (Å²) in [5.41, 5.74) is 2.02. The summed E-state index contributed by atoms with van der Waals surface area (Å²) in [5, 5.41) is 3.20. The molecule has 1 aromatic carbocycles. The number of nitrogens with one attached hydrogen (secondary N) is 1. The second-order valence-electron chi connectivity index (χ2n) is 6.98. The van der Waals surface area contributed by atoms with Gasteiger partial charge in [0.15, 0.2) is 0 Å². The monoisotopic (exact) mass is 417 g/mol. The Labute approximate surface area is 167 Å². The van der Waals surface area contributed by atoms with Gasteiger partial charge in [0.05, 0.1) is 17.6 Å². The minimum atomic E-state index is -3.53. The maximum absolute atomic E-state index is 12.9. The number of benzene rings is 1. The van der Waals surface area contributed by atoms with Gasteiger partial charge in [0.2, 0.25) is 15.9 Å². The molecule has 152 valence electrons. The average molecular weight is 418 g/mol. The number of rotatable bonds is 3. The van der Waals surface area contributed by atoms with Crippen LogP contribution < -0.4 is 5.32 Å². The molecule has 9 heteroatoms. The van der Waals surface area contributed by atoms with Crippen LogP contribution in [-0.2, 0) is 19.6 Å². The number of carbonyl (C=O) groups is 1. The zero-order valence-electron chi connectivity index (χ0n) is 16.0. The van der Waals surface area contributed by atoms with Crippen molar-refractivity contribution in [2.45, 2.75) is 37.8 Å². The molecule has 1 N–H and O–H groups in total. The molecule has 27 heavy (non-hydrogen) atoms. The molecule has 2 atom stereocenters. The number of hydrogen-bond donors (Lipinski definition) is 1. The summed E-state index contributed by atoms with van der Waals surface area (Å²) in [6.45, 7) is 8.42. The third kappa shape index (κ3) is 4.63. The maximum Gasteiger partial charge on any atom is 0.243 e. The summed E-state index contributed by atoms with van der Waals surface area (Å²) in [4.78, 5) is 14.7. The lowest BCUT2D eigenvalue weighted by atomic mass is 10.1. The molecule has 2 aliphatic rings. The van der Waals surface area contributed by atoms with E-state index < -0.39 is 10.0 Å². The zero-order chi connectivity index (χ0) is 18.9. The Morgan fingerprint density at radius 2 is 1.81 bits per heavy atom. The van der Waals surface area contributed by atoms with Gasteiger partial charge in [-0.2, -0.15) is 4.31 Å². The van der Waals surface area contributed by atoms with Crippen molar-refractivity contribution in [3.05, 3.63) is 29.3 Å². The van der Waals surface area contributed by atoms with Crippen LogP contribution in [0.1, 0.15) is 18.1 Å². The first kappa shape index (κ1) is 22.1. The van der Waals surface area contributed by atoms with Crippen LogP contribution in [0.25, 0.3) is 0 Å². The largest absolute Gasteiger partial charge is 0.375 e. The van der Waals surface area contributed by atoms with Gasteiger partial charge in [-0.25, -0.2) is 8.42 Å². The minimum absolute atomic E-state index is 0. The lowest BCUT2D eigenvalue weighted by Gasteiger charge is -2.38. The number of hydrogen-bond acceptors (Lipinski definition) is 5. The lowest BCUT2D eigenvalue weighted by Crippen LogP contribution is -2.60. The first-order valence-electron chi connectivity index (χ1n) is 9.02. The highest BCUT2D eigenvalue weighted by Crippen LogP contribution is 2.21. The van der Waals surface area contributed by atoms with Crippen LogP contribution in [-0.4, -0.2) is 75.0 Å². The number of halogens is 1. The fourth-order valence-corrected chi connectivity index (χ4v) is 4.89. The van der Waals surface area contributed by atoms with Gasteiger partial charge in [-0.1, -0.05) is 6.07 Å². The highest BCUT2D eigenvalue weighted by molar-refractivity contribution is 7.89. The number of amides is 1. The van der Waals surface area contributed by atoms with E-state index in [0.29, 0.717) is 44.2 Å². The zero-order valence-corrected chi connectivity index (χ0v) is 17.6. The summed E-state index contributed by atoms with van der Waals surface area (Å²) >= 11 is 0. The van der Waals surface area contributed by atoms with E-state index >= 15 is 0 Å². The van der Waals surface area contributed by atoms with Crippen molar-refractivity contribution in [3.63, 3.8) is 0 Å². The fourth-order valence-electron chi connectivity index (χ4n) is 3.38. The molecule has 0 unspecified atom stereocenters.